The minimum atomic E-state index is -0.452. The molecule has 2 rings (SSSR count). The number of nitro groups is 1. The Morgan fingerprint density at radius 3 is 2.68 bits per heavy atom. The van der Waals surface area contributed by atoms with Gasteiger partial charge >= 0.3 is 0 Å². The van der Waals surface area contributed by atoms with Crippen molar-refractivity contribution < 1.29 is 10.0 Å². The summed E-state index contributed by atoms with van der Waals surface area (Å²) in [5.74, 6) is 0. The zero-order chi connectivity index (χ0) is 13.8. The summed E-state index contributed by atoms with van der Waals surface area (Å²) in [6.07, 6.45) is 0. The van der Waals surface area contributed by atoms with Crippen molar-refractivity contribution in [3.63, 3.8) is 0 Å². The molecule has 4 nitrogen and oxygen atoms in total. The smallest absolute Gasteiger partial charge is 0.283 e. The predicted molar refractivity (Wildman–Crippen MR) is 74.6 cm³/mol. The largest absolute Gasteiger partial charge is 0.392 e. The van der Waals surface area contributed by atoms with Crippen LogP contribution in [-0.4, -0.2) is 10.0 Å². The van der Waals surface area contributed by atoms with Crippen LogP contribution in [0.4, 0.5) is 5.69 Å². The summed E-state index contributed by atoms with van der Waals surface area (Å²) in [5, 5.41) is 20.6. The van der Waals surface area contributed by atoms with Gasteiger partial charge in [0, 0.05) is 16.0 Å². The van der Waals surface area contributed by atoms with Crippen molar-refractivity contribution in [3.05, 3.63) is 63.2 Å². The third-order valence-electron chi connectivity index (χ3n) is 2.43. The normalized spacial score (nSPS) is 10.4. The molecular weight excluding hydrogens is 286 g/mol. The molecule has 2 aromatic carbocycles. The van der Waals surface area contributed by atoms with Gasteiger partial charge < -0.3 is 5.11 Å². The van der Waals surface area contributed by atoms with Crippen LogP contribution >= 0.6 is 23.4 Å². The van der Waals surface area contributed by atoms with E-state index in [0.717, 1.165) is 4.90 Å². The van der Waals surface area contributed by atoms with E-state index >= 15 is 0 Å². The van der Waals surface area contributed by atoms with Gasteiger partial charge in [-0.15, -0.1) is 0 Å². The van der Waals surface area contributed by atoms with Crippen molar-refractivity contribution in [1.29, 1.82) is 0 Å². The third kappa shape index (κ3) is 3.47. The SMILES string of the molecule is O=[N+]([O-])c1cc(CO)ccc1Sc1cccc(Cl)c1. The number of halogens is 1. The van der Waals surface area contributed by atoms with Gasteiger partial charge in [0.05, 0.1) is 16.4 Å². The summed E-state index contributed by atoms with van der Waals surface area (Å²) in [7, 11) is 0. The molecule has 0 aromatic heterocycles. The molecule has 0 unspecified atom stereocenters. The lowest BCUT2D eigenvalue weighted by atomic mass is 10.2. The first-order valence-electron chi connectivity index (χ1n) is 5.42. The van der Waals surface area contributed by atoms with E-state index < -0.39 is 4.92 Å². The van der Waals surface area contributed by atoms with E-state index in [1.54, 1.807) is 30.3 Å². The van der Waals surface area contributed by atoms with Gasteiger partial charge in [0.2, 0.25) is 0 Å². The molecule has 19 heavy (non-hydrogen) atoms. The van der Waals surface area contributed by atoms with Crippen molar-refractivity contribution in [2.45, 2.75) is 16.4 Å². The molecule has 0 spiro atoms. The second kappa shape index (κ2) is 6.06. The van der Waals surface area contributed by atoms with Gasteiger partial charge in [-0.05, 0) is 29.8 Å². The van der Waals surface area contributed by atoms with Crippen LogP contribution in [0.5, 0.6) is 0 Å². The Kier molecular flexibility index (Phi) is 4.42. The molecule has 0 aliphatic heterocycles. The molecule has 6 heteroatoms. The molecular formula is C13H10ClNO3S. The lowest BCUT2D eigenvalue weighted by Crippen LogP contribution is -1.93. The molecule has 0 bridgehead atoms. The summed E-state index contributed by atoms with van der Waals surface area (Å²) in [5.41, 5.74) is 0.499. The van der Waals surface area contributed by atoms with Crippen molar-refractivity contribution in [3.8, 4) is 0 Å². The Bertz CT molecular complexity index is 619. The Morgan fingerprint density at radius 2 is 2.05 bits per heavy atom. The fraction of sp³-hybridized carbons (Fsp3) is 0.0769. The van der Waals surface area contributed by atoms with E-state index in [1.807, 2.05) is 6.07 Å². The summed E-state index contributed by atoms with van der Waals surface area (Å²) < 4.78 is 0. The topological polar surface area (TPSA) is 63.4 Å². The summed E-state index contributed by atoms with van der Waals surface area (Å²) >= 11 is 7.15. The zero-order valence-corrected chi connectivity index (χ0v) is 11.3. The fourth-order valence-electron chi connectivity index (χ4n) is 1.55. The Labute approximate surface area is 119 Å². The average molecular weight is 296 g/mol. The first-order chi connectivity index (χ1) is 9.10. The van der Waals surface area contributed by atoms with Crippen LogP contribution in [-0.2, 0) is 6.61 Å². The van der Waals surface area contributed by atoms with Gasteiger partial charge in [-0.1, -0.05) is 35.5 Å². The molecule has 2 aromatic rings. The van der Waals surface area contributed by atoms with Gasteiger partial charge in [-0.25, -0.2) is 0 Å². The van der Waals surface area contributed by atoms with E-state index in [9.17, 15) is 10.1 Å². The van der Waals surface area contributed by atoms with Crippen molar-refractivity contribution in [2.24, 2.45) is 0 Å². The number of benzene rings is 2. The number of aliphatic hydroxyl groups is 1. The van der Waals surface area contributed by atoms with Crippen molar-refractivity contribution in [1.82, 2.24) is 0 Å². The van der Waals surface area contributed by atoms with E-state index in [2.05, 4.69) is 0 Å². The van der Waals surface area contributed by atoms with Crippen LogP contribution in [0.1, 0.15) is 5.56 Å². The van der Waals surface area contributed by atoms with Gasteiger partial charge in [0.25, 0.3) is 5.69 Å². The number of hydrogen-bond acceptors (Lipinski definition) is 4. The van der Waals surface area contributed by atoms with Crippen LogP contribution in [0.25, 0.3) is 0 Å². The highest BCUT2D eigenvalue weighted by molar-refractivity contribution is 7.99. The molecule has 0 aliphatic carbocycles. The highest BCUT2D eigenvalue weighted by Gasteiger charge is 2.15. The van der Waals surface area contributed by atoms with Gasteiger partial charge in [-0.3, -0.25) is 10.1 Å². The molecule has 0 amide bonds. The molecule has 0 saturated heterocycles. The summed E-state index contributed by atoms with van der Waals surface area (Å²) in [6, 6.07) is 11.8. The molecule has 0 saturated carbocycles. The molecule has 0 aliphatic rings. The zero-order valence-electron chi connectivity index (χ0n) is 9.75. The first-order valence-corrected chi connectivity index (χ1v) is 6.61. The Balaban J connectivity index is 2.36. The van der Waals surface area contributed by atoms with E-state index in [1.165, 1.54) is 17.8 Å². The van der Waals surface area contributed by atoms with Crippen LogP contribution in [0.3, 0.4) is 0 Å². The van der Waals surface area contributed by atoms with Crippen LogP contribution < -0.4 is 0 Å². The molecule has 0 radical (unpaired) electrons. The number of hydrogen-bond donors (Lipinski definition) is 1. The molecule has 0 fully saturated rings. The maximum absolute atomic E-state index is 11.0. The maximum Gasteiger partial charge on any atom is 0.283 e. The quantitative estimate of drug-likeness (QED) is 0.686. The predicted octanol–water partition coefficient (Wildman–Crippen LogP) is 3.89. The van der Waals surface area contributed by atoms with E-state index in [0.29, 0.717) is 15.5 Å². The van der Waals surface area contributed by atoms with Gasteiger partial charge in [-0.2, -0.15) is 0 Å². The minimum absolute atomic E-state index is 0.0171. The number of rotatable bonds is 4. The van der Waals surface area contributed by atoms with Crippen LogP contribution in [0, 0.1) is 10.1 Å². The van der Waals surface area contributed by atoms with E-state index in [-0.39, 0.29) is 12.3 Å². The maximum atomic E-state index is 11.0. The van der Waals surface area contributed by atoms with Crippen LogP contribution in [0.2, 0.25) is 5.02 Å². The second-order valence-corrected chi connectivity index (χ2v) is 5.33. The highest BCUT2D eigenvalue weighted by atomic mass is 35.5. The average Bonchev–Trinajstić information content (AvgIpc) is 2.39. The monoisotopic (exact) mass is 295 g/mol. The highest BCUT2D eigenvalue weighted by Crippen LogP contribution is 2.36. The molecule has 0 heterocycles. The molecule has 98 valence electrons. The third-order valence-corrected chi connectivity index (χ3v) is 3.72. The second-order valence-electron chi connectivity index (χ2n) is 3.78. The van der Waals surface area contributed by atoms with Gasteiger partial charge in [0.1, 0.15) is 0 Å². The van der Waals surface area contributed by atoms with Gasteiger partial charge in [0.15, 0.2) is 0 Å². The number of nitrogens with zero attached hydrogens (tertiary/aromatic N) is 1. The summed E-state index contributed by atoms with van der Waals surface area (Å²) in [4.78, 5) is 11.9. The minimum Gasteiger partial charge on any atom is -0.392 e. The lowest BCUT2D eigenvalue weighted by molar-refractivity contribution is -0.387. The first kappa shape index (κ1) is 13.9. The lowest BCUT2D eigenvalue weighted by Gasteiger charge is -2.05. The molecule has 1 N–H and O–H groups in total. The number of nitro benzene ring substituents is 1. The van der Waals surface area contributed by atoms with Crippen molar-refractivity contribution >= 4 is 29.1 Å². The van der Waals surface area contributed by atoms with E-state index in [4.69, 9.17) is 16.7 Å². The Hall–Kier alpha value is -1.56. The van der Waals surface area contributed by atoms with Crippen LogP contribution in [0.15, 0.2) is 52.3 Å². The molecule has 0 atom stereocenters. The fourth-order valence-corrected chi connectivity index (χ4v) is 2.76. The Morgan fingerprint density at radius 1 is 1.26 bits per heavy atom. The number of aliphatic hydroxyl groups excluding tert-OH is 1. The van der Waals surface area contributed by atoms with Crippen molar-refractivity contribution in [2.75, 3.05) is 0 Å². The summed E-state index contributed by atoms with van der Waals surface area (Å²) in [6.45, 7) is -0.219. The standard InChI is InChI=1S/C13H10ClNO3S/c14-10-2-1-3-11(7-10)19-13-5-4-9(8-16)6-12(13)15(17)18/h1-7,16H,8H2.